The Morgan fingerprint density at radius 3 is 2.81 bits per heavy atom. The fourth-order valence-corrected chi connectivity index (χ4v) is 3.54. The molecule has 128 valence electrons. The molecule has 3 heterocycles. The van der Waals surface area contributed by atoms with E-state index < -0.39 is 5.97 Å². The average Bonchev–Trinajstić information content (AvgIpc) is 3.22. The number of pyridine rings is 1. The maximum atomic E-state index is 11.9. The minimum absolute atomic E-state index is 0.0915. The number of nitrogens with zero attached hydrogens (tertiary/aromatic N) is 3. The second-order valence-corrected chi connectivity index (χ2v) is 6.18. The summed E-state index contributed by atoms with van der Waals surface area (Å²) in [7, 11) is 0. The van der Waals surface area contributed by atoms with Crippen molar-refractivity contribution in [2.75, 3.05) is 0 Å². The van der Waals surface area contributed by atoms with Crippen LogP contribution in [0.2, 0.25) is 0 Å². The predicted octanol–water partition coefficient (Wildman–Crippen LogP) is 1.90. The van der Waals surface area contributed by atoms with Crippen molar-refractivity contribution in [3.05, 3.63) is 63.7 Å². The number of rotatable bonds is 2. The van der Waals surface area contributed by atoms with Crippen LogP contribution in [-0.2, 0) is 12.8 Å². The smallest absolute Gasteiger partial charge is 0.357 e. The lowest BCUT2D eigenvalue weighted by Gasteiger charge is -2.13. The molecular weight excluding hydrogens is 334 g/mol. The summed E-state index contributed by atoms with van der Waals surface area (Å²) in [6.45, 7) is 0. The van der Waals surface area contributed by atoms with Gasteiger partial charge in [-0.2, -0.15) is 5.10 Å². The summed E-state index contributed by atoms with van der Waals surface area (Å²) in [5.41, 5.74) is 2.73. The van der Waals surface area contributed by atoms with E-state index in [1.165, 1.54) is 0 Å². The number of H-pyrrole nitrogens is 2. The molecule has 3 aromatic heterocycles. The monoisotopic (exact) mass is 347 g/mol. The molecule has 1 aromatic carbocycles. The van der Waals surface area contributed by atoms with E-state index in [4.69, 9.17) is 0 Å². The van der Waals surface area contributed by atoms with Gasteiger partial charge >= 0.3 is 5.97 Å². The maximum absolute atomic E-state index is 11.9. The van der Waals surface area contributed by atoms with Gasteiger partial charge in [-0.05, 0) is 31.0 Å². The van der Waals surface area contributed by atoms with Crippen molar-refractivity contribution >= 4 is 16.9 Å². The Hall–Kier alpha value is -3.68. The molecule has 1 aliphatic carbocycles. The van der Waals surface area contributed by atoms with Crippen LogP contribution in [0.15, 0.2) is 41.2 Å². The highest BCUT2D eigenvalue weighted by molar-refractivity contribution is 5.95. The second-order valence-electron chi connectivity index (χ2n) is 6.18. The second kappa shape index (κ2) is 5.16. The summed E-state index contributed by atoms with van der Waals surface area (Å²) in [5.74, 6) is -0.593. The highest BCUT2D eigenvalue weighted by Gasteiger charge is 2.31. The van der Waals surface area contributed by atoms with E-state index in [0.717, 1.165) is 16.6 Å². The molecule has 0 amide bonds. The molecule has 0 spiro atoms. The van der Waals surface area contributed by atoms with Gasteiger partial charge in [0.1, 0.15) is 0 Å². The largest absolute Gasteiger partial charge is 0.476 e. The van der Waals surface area contributed by atoms with Gasteiger partial charge in [0, 0.05) is 10.9 Å². The van der Waals surface area contributed by atoms with Gasteiger partial charge in [0.15, 0.2) is 11.5 Å². The minimum Gasteiger partial charge on any atom is -0.476 e. The van der Waals surface area contributed by atoms with Crippen LogP contribution in [0.4, 0.5) is 0 Å². The van der Waals surface area contributed by atoms with E-state index in [1.54, 1.807) is 4.68 Å². The predicted molar refractivity (Wildman–Crippen MR) is 93.6 cm³/mol. The van der Waals surface area contributed by atoms with Crippen LogP contribution < -0.4 is 5.56 Å². The van der Waals surface area contributed by atoms with Gasteiger partial charge in [0.2, 0.25) is 0 Å². The van der Waals surface area contributed by atoms with Gasteiger partial charge in [0.25, 0.3) is 5.56 Å². The van der Waals surface area contributed by atoms with Crippen LogP contribution >= 0.6 is 0 Å². The van der Waals surface area contributed by atoms with Gasteiger partial charge in [-0.3, -0.25) is 15.0 Å². The third kappa shape index (κ3) is 1.95. The highest BCUT2D eigenvalue weighted by Crippen LogP contribution is 2.34. The number of carboxylic acids is 1. The summed E-state index contributed by atoms with van der Waals surface area (Å²) >= 11 is 0. The van der Waals surface area contributed by atoms with Gasteiger partial charge in [-0.1, -0.05) is 18.2 Å². The molecule has 0 atom stereocenters. The minimum atomic E-state index is -1.14. The topological polar surface area (TPSA) is 117 Å². The first-order valence-corrected chi connectivity index (χ1v) is 8.15. The van der Waals surface area contributed by atoms with Crippen LogP contribution in [-0.4, -0.2) is 36.0 Å². The third-order valence-electron chi connectivity index (χ3n) is 4.72. The van der Waals surface area contributed by atoms with Crippen molar-refractivity contribution < 1.29 is 9.90 Å². The highest BCUT2D eigenvalue weighted by atomic mass is 16.4. The molecule has 26 heavy (non-hydrogen) atoms. The molecule has 1 aliphatic rings. The molecular formula is C18H13N5O3. The van der Waals surface area contributed by atoms with E-state index in [2.05, 4.69) is 20.3 Å². The van der Waals surface area contributed by atoms with Gasteiger partial charge in [-0.15, -0.1) is 0 Å². The lowest BCUT2D eigenvalue weighted by atomic mass is 9.94. The molecule has 0 fully saturated rings. The number of nitrogens with one attached hydrogen (secondary N) is 2. The van der Waals surface area contributed by atoms with Crippen LogP contribution in [0.3, 0.4) is 0 Å². The van der Waals surface area contributed by atoms with Crippen LogP contribution in [0.1, 0.15) is 21.7 Å². The Kier molecular flexibility index (Phi) is 2.90. The van der Waals surface area contributed by atoms with E-state index in [0.29, 0.717) is 35.5 Å². The van der Waals surface area contributed by atoms with Crippen molar-refractivity contribution in [3.63, 3.8) is 0 Å². The quantitative estimate of drug-likeness (QED) is 0.512. The number of carboxylic acid groups (broad SMARTS) is 1. The van der Waals surface area contributed by atoms with Crippen molar-refractivity contribution in [1.82, 2.24) is 25.0 Å². The Morgan fingerprint density at radius 2 is 1.96 bits per heavy atom. The number of aromatic carboxylic acids is 1. The normalized spacial score (nSPS) is 12.8. The summed E-state index contributed by atoms with van der Waals surface area (Å²) in [4.78, 5) is 28.3. The Bertz CT molecular complexity index is 1250. The average molecular weight is 347 g/mol. The first-order valence-electron chi connectivity index (χ1n) is 8.15. The van der Waals surface area contributed by atoms with Gasteiger partial charge < -0.3 is 5.11 Å². The Labute approximate surface area is 146 Å². The zero-order valence-corrected chi connectivity index (χ0v) is 13.5. The number of hydrogen-bond donors (Lipinski definition) is 3. The zero-order chi connectivity index (χ0) is 17.8. The van der Waals surface area contributed by atoms with E-state index in [-0.39, 0.29) is 11.3 Å². The molecule has 0 unspecified atom stereocenters. The molecule has 0 saturated carbocycles. The van der Waals surface area contributed by atoms with Crippen LogP contribution in [0, 0.1) is 0 Å². The van der Waals surface area contributed by atoms with Crippen LogP contribution in [0.25, 0.3) is 28.0 Å². The first kappa shape index (κ1) is 14.6. The number of fused-ring (bicyclic) bond motifs is 4. The molecule has 3 N–H and O–H groups in total. The zero-order valence-electron chi connectivity index (χ0n) is 13.5. The summed E-state index contributed by atoms with van der Waals surface area (Å²) in [6.07, 6.45) is 1.03. The number of para-hydroxylation sites is 1. The fourth-order valence-electron chi connectivity index (χ4n) is 3.54. The Balaban J connectivity index is 1.79. The number of aromatic nitrogens is 5. The number of hydrogen-bond acceptors (Lipinski definition) is 4. The van der Waals surface area contributed by atoms with Gasteiger partial charge in [0.05, 0.1) is 22.5 Å². The van der Waals surface area contributed by atoms with Gasteiger partial charge in [-0.25, -0.2) is 14.5 Å². The van der Waals surface area contributed by atoms with E-state index >= 15 is 0 Å². The summed E-state index contributed by atoms with van der Waals surface area (Å²) in [5, 5.41) is 20.2. The molecule has 4 aromatic rings. The maximum Gasteiger partial charge on any atom is 0.357 e. The third-order valence-corrected chi connectivity index (χ3v) is 4.72. The molecule has 5 rings (SSSR count). The lowest BCUT2D eigenvalue weighted by molar-refractivity contribution is 0.0690. The molecule has 8 heteroatoms. The molecule has 0 radical (unpaired) electrons. The van der Waals surface area contributed by atoms with Crippen molar-refractivity contribution in [3.8, 4) is 17.1 Å². The molecule has 0 saturated heterocycles. The Morgan fingerprint density at radius 1 is 1.12 bits per heavy atom. The lowest BCUT2D eigenvalue weighted by Crippen LogP contribution is -2.14. The first-order chi connectivity index (χ1) is 12.6. The van der Waals surface area contributed by atoms with E-state index in [1.807, 2.05) is 36.4 Å². The summed E-state index contributed by atoms with van der Waals surface area (Å²) in [6, 6.07) is 11.4. The summed E-state index contributed by atoms with van der Waals surface area (Å²) < 4.78 is 1.57. The molecule has 0 aliphatic heterocycles. The standard InChI is InChI=1S/C18H13N5O3/c24-17-10-6-7-12-14(15(10)20-21-17)16(18(25)26)22-23(12)13-8-5-9-3-1-2-4-11(9)19-13/h1-5,8H,6-7H2,(H,25,26)(H2,20,21,24). The van der Waals surface area contributed by atoms with E-state index in [9.17, 15) is 14.7 Å². The SMILES string of the molecule is O=C(O)c1nn(-c2ccc3ccccc3n2)c2c1-c1[nH][nH]c(=O)c1CC2. The number of benzene rings is 1. The van der Waals surface area contributed by atoms with Crippen molar-refractivity contribution in [2.45, 2.75) is 12.8 Å². The van der Waals surface area contributed by atoms with Crippen molar-refractivity contribution in [2.24, 2.45) is 0 Å². The fraction of sp³-hybridized carbons (Fsp3) is 0.111. The van der Waals surface area contributed by atoms with Crippen molar-refractivity contribution in [1.29, 1.82) is 0 Å². The number of carbonyl (C=O) groups is 1. The number of aromatic amines is 2. The molecule has 0 bridgehead atoms. The molecule has 8 nitrogen and oxygen atoms in total. The van der Waals surface area contributed by atoms with Crippen LogP contribution in [0.5, 0.6) is 0 Å².